The Bertz CT molecular complexity index is 669. The average molecular weight is 380 g/mol. The SMILES string of the molecule is Nc1nc(Nc2cc(Br)cc(S(F)(F)(F)(F)F)c2)n[nH]1. The minimum absolute atomic E-state index is 0.0737. The van der Waals surface area contributed by atoms with E-state index in [1.807, 2.05) is 0 Å². The summed E-state index contributed by atoms with van der Waals surface area (Å²) in [5, 5.41) is 8.10. The van der Waals surface area contributed by atoms with Crippen molar-refractivity contribution in [3.05, 3.63) is 22.7 Å². The number of H-pyrrole nitrogens is 1. The fraction of sp³-hybridized carbons (Fsp3) is 0. The van der Waals surface area contributed by atoms with Gasteiger partial charge in [0, 0.05) is 10.2 Å². The van der Waals surface area contributed by atoms with Gasteiger partial charge in [-0.15, -0.1) is 5.10 Å². The molecule has 0 fully saturated rings. The lowest BCUT2D eigenvalue weighted by molar-refractivity contribution is 0.364. The molecule has 0 saturated carbocycles. The third kappa shape index (κ3) is 3.50. The molecular formula is C8H7BrF5N5S. The largest absolute Gasteiger partial charge is 0.368 e. The van der Waals surface area contributed by atoms with Crippen molar-refractivity contribution in [1.82, 2.24) is 15.2 Å². The van der Waals surface area contributed by atoms with Crippen LogP contribution in [-0.4, -0.2) is 15.2 Å². The normalized spacial score (nSPS) is 15.5. The van der Waals surface area contributed by atoms with Crippen LogP contribution in [0.1, 0.15) is 0 Å². The molecule has 0 atom stereocenters. The van der Waals surface area contributed by atoms with Crippen molar-refractivity contribution >= 4 is 43.7 Å². The second-order valence-electron chi connectivity index (χ2n) is 3.81. The molecule has 2 rings (SSSR count). The van der Waals surface area contributed by atoms with Gasteiger partial charge in [0.2, 0.25) is 11.9 Å². The lowest BCUT2D eigenvalue weighted by atomic mass is 10.3. The highest BCUT2D eigenvalue weighted by Crippen LogP contribution is 3.02. The number of nitrogens with zero attached hydrogens (tertiary/aromatic N) is 2. The molecule has 0 aliphatic heterocycles. The Labute approximate surface area is 117 Å². The van der Waals surface area contributed by atoms with Crippen LogP contribution in [-0.2, 0) is 0 Å². The molecule has 0 bridgehead atoms. The first-order chi connectivity index (χ1) is 8.83. The van der Waals surface area contributed by atoms with Crippen molar-refractivity contribution in [3.63, 3.8) is 0 Å². The summed E-state index contributed by atoms with van der Waals surface area (Å²) < 4.78 is 63.6. The minimum Gasteiger partial charge on any atom is -0.368 e. The topological polar surface area (TPSA) is 79.6 Å². The van der Waals surface area contributed by atoms with E-state index in [9.17, 15) is 19.4 Å². The molecule has 1 heterocycles. The van der Waals surface area contributed by atoms with Gasteiger partial charge in [0.05, 0.1) is 0 Å². The van der Waals surface area contributed by atoms with Crippen LogP contribution in [0.25, 0.3) is 0 Å². The molecule has 12 heteroatoms. The van der Waals surface area contributed by atoms with Crippen molar-refractivity contribution in [2.75, 3.05) is 11.1 Å². The zero-order chi connectivity index (χ0) is 15.2. The summed E-state index contributed by atoms with van der Waals surface area (Å²) in [5.41, 5.74) is 4.97. The molecule has 1 aromatic heterocycles. The predicted molar refractivity (Wildman–Crippen MR) is 69.6 cm³/mol. The Morgan fingerprint density at radius 1 is 1.15 bits per heavy atom. The molecule has 112 valence electrons. The third-order valence-corrected chi connectivity index (χ3v) is 3.66. The Hall–Kier alpha value is -1.56. The minimum atomic E-state index is -9.76. The molecule has 4 N–H and O–H groups in total. The van der Waals surface area contributed by atoms with E-state index in [1.165, 1.54) is 6.07 Å². The Balaban J connectivity index is 2.45. The predicted octanol–water partition coefficient (Wildman–Crippen LogP) is 4.55. The van der Waals surface area contributed by atoms with Crippen LogP contribution in [0.5, 0.6) is 0 Å². The summed E-state index contributed by atoms with van der Waals surface area (Å²) in [5.74, 6) is -0.218. The maximum Gasteiger partial charge on any atom is 0.310 e. The molecule has 2 aromatic rings. The van der Waals surface area contributed by atoms with Crippen molar-refractivity contribution in [3.8, 4) is 0 Å². The van der Waals surface area contributed by atoms with Gasteiger partial charge in [-0.05, 0) is 18.2 Å². The number of nitrogens with two attached hydrogens (primary N) is 1. The van der Waals surface area contributed by atoms with Crippen LogP contribution in [0.4, 0.5) is 37.0 Å². The molecule has 0 unspecified atom stereocenters. The average Bonchev–Trinajstić information content (AvgIpc) is 2.59. The van der Waals surface area contributed by atoms with Crippen molar-refractivity contribution in [1.29, 1.82) is 0 Å². The van der Waals surface area contributed by atoms with Gasteiger partial charge in [0.25, 0.3) is 0 Å². The number of aromatic amines is 1. The Morgan fingerprint density at radius 3 is 2.30 bits per heavy atom. The van der Waals surface area contributed by atoms with E-state index in [1.54, 1.807) is 0 Å². The van der Waals surface area contributed by atoms with Crippen LogP contribution >= 0.6 is 26.2 Å². The first kappa shape index (κ1) is 14.8. The van der Waals surface area contributed by atoms with Gasteiger partial charge in [0.15, 0.2) is 0 Å². The monoisotopic (exact) mass is 379 g/mol. The number of hydrogen-bond donors (Lipinski definition) is 3. The van der Waals surface area contributed by atoms with Gasteiger partial charge in [-0.3, -0.25) is 0 Å². The van der Waals surface area contributed by atoms with Crippen LogP contribution < -0.4 is 11.1 Å². The molecule has 1 aromatic carbocycles. The highest BCUT2D eigenvalue weighted by molar-refractivity contribution is 9.10. The summed E-state index contributed by atoms with van der Waals surface area (Å²) in [6.45, 7) is 0. The number of halogens is 6. The van der Waals surface area contributed by atoms with E-state index in [0.29, 0.717) is 6.07 Å². The number of anilines is 3. The van der Waals surface area contributed by atoms with Crippen molar-refractivity contribution in [2.24, 2.45) is 0 Å². The maximum atomic E-state index is 12.7. The lowest BCUT2D eigenvalue weighted by Crippen LogP contribution is -2.07. The van der Waals surface area contributed by atoms with Crippen LogP contribution in [0, 0.1) is 0 Å². The number of nitrogen functional groups attached to an aromatic ring is 1. The van der Waals surface area contributed by atoms with Gasteiger partial charge in [-0.1, -0.05) is 35.4 Å². The number of nitrogens with one attached hydrogen (secondary N) is 2. The van der Waals surface area contributed by atoms with Crippen molar-refractivity contribution in [2.45, 2.75) is 4.90 Å². The lowest BCUT2D eigenvalue weighted by Gasteiger charge is -2.40. The van der Waals surface area contributed by atoms with E-state index in [2.05, 4.69) is 36.4 Å². The Morgan fingerprint density at radius 2 is 1.80 bits per heavy atom. The molecule has 20 heavy (non-hydrogen) atoms. The molecule has 0 amide bonds. The molecule has 5 nitrogen and oxygen atoms in total. The van der Waals surface area contributed by atoms with E-state index in [4.69, 9.17) is 5.73 Å². The second kappa shape index (κ2) is 3.75. The first-order valence-corrected chi connectivity index (χ1v) is 7.57. The number of aromatic nitrogens is 3. The summed E-state index contributed by atoms with van der Waals surface area (Å²) in [4.78, 5) is 1.56. The highest BCUT2D eigenvalue weighted by atomic mass is 79.9. The van der Waals surface area contributed by atoms with E-state index in [0.717, 1.165) is 0 Å². The first-order valence-electron chi connectivity index (χ1n) is 4.83. The van der Waals surface area contributed by atoms with E-state index >= 15 is 0 Å². The van der Waals surface area contributed by atoms with E-state index in [-0.39, 0.29) is 28.1 Å². The number of benzene rings is 1. The standard InChI is InChI=1S/C8H7BrF5N5S/c9-4-1-5(16-8-17-7(15)18-19-8)3-6(2-4)20(10,11,12,13)14/h1-3H,(H4,15,16,17,18,19). The van der Waals surface area contributed by atoms with Gasteiger partial charge >= 0.3 is 10.2 Å². The fourth-order valence-corrected chi connectivity index (χ4v) is 2.66. The second-order valence-corrected chi connectivity index (χ2v) is 7.14. The maximum absolute atomic E-state index is 12.7. The molecule has 0 aliphatic rings. The highest BCUT2D eigenvalue weighted by Gasteiger charge is 2.65. The van der Waals surface area contributed by atoms with E-state index < -0.39 is 15.1 Å². The quantitative estimate of drug-likeness (QED) is 0.683. The van der Waals surface area contributed by atoms with Gasteiger partial charge in [0.1, 0.15) is 4.90 Å². The summed E-state index contributed by atoms with van der Waals surface area (Å²) in [7, 11) is -9.76. The van der Waals surface area contributed by atoms with Gasteiger partial charge in [-0.2, -0.15) is 4.98 Å². The third-order valence-electron chi connectivity index (χ3n) is 2.08. The molecule has 0 spiro atoms. The van der Waals surface area contributed by atoms with Crippen LogP contribution in [0.3, 0.4) is 0 Å². The van der Waals surface area contributed by atoms with Gasteiger partial charge in [-0.25, -0.2) is 5.10 Å². The molecule has 0 radical (unpaired) electrons. The molecule has 0 aliphatic carbocycles. The van der Waals surface area contributed by atoms with Crippen molar-refractivity contribution < 1.29 is 19.4 Å². The van der Waals surface area contributed by atoms with Gasteiger partial charge < -0.3 is 11.1 Å². The zero-order valence-corrected chi connectivity index (χ0v) is 11.8. The number of rotatable bonds is 3. The summed E-state index contributed by atoms with van der Waals surface area (Å²) in [6, 6.07) is 1.75. The smallest absolute Gasteiger partial charge is 0.310 e. The summed E-state index contributed by atoms with van der Waals surface area (Å²) in [6.07, 6.45) is 0. The molecular weight excluding hydrogens is 373 g/mol. The Kier molecular flexibility index (Phi) is 2.78. The van der Waals surface area contributed by atoms with Crippen LogP contribution in [0.2, 0.25) is 0 Å². The molecule has 0 saturated heterocycles. The summed E-state index contributed by atoms with van der Waals surface area (Å²) >= 11 is 2.74. The number of hydrogen-bond acceptors (Lipinski definition) is 4. The fourth-order valence-electron chi connectivity index (χ4n) is 1.32. The zero-order valence-electron chi connectivity index (χ0n) is 9.38. The van der Waals surface area contributed by atoms with Crippen LogP contribution in [0.15, 0.2) is 27.6 Å².